The van der Waals surface area contributed by atoms with Gasteiger partial charge in [-0.2, -0.15) is 5.10 Å². The van der Waals surface area contributed by atoms with Gasteiger partial charge in [-0.1, -0.05) is 6.07 Å². The lowest BCUT2D eigenvalue weighted by Gasteiger charge is -2.22. The Morgan fingerprint density at radius 2 is 2.03 bits per heavy atom. The highest BCUT2D eigenvalue weighted by Gasteiger charge is 2.28. The molecule has 1 aliphatic carbocycles. The van der Waals surface area contributed by atoms with Gasteiger partial charge in [0.05, 0.1) is 17.1 Å². The van der Waals surface area contributed by atoms with Gasteiger partial charge in [0.15, 0.2) is 11.6 Å². The SMILES string of the molecule is Cc1nn(CC2CC2)c2c1Cc1cccnc1-c1ccc(F)cc1C(C)Oc1cc-2cnc1N. The van der Waals surface area contributed by atoms with Crippen molar-refractivity contribution in [2.24, 2.45) is 5.92 Å². The monoisotopic (exact) mass is 455 g/mol. The first-order valence-electron chi connectivity index (χ1n) is 11.7. The molecule has 4 heterocycles. The Labute approximate surface area is 197 Å². The average Bonchev–Trinajstić information content (AvgIpc) is 3.58. The molecule has 0 radical (unpaired) electrons. The van der Waals surface area contributed by atoms with Crippen molar-refractivity contribution < 1.29 is 9.13 Å². The smallest absolute Gasteiger partial charge is 0.166 e. The highest BCUT2D eigenvalue weighted by atomic mass is 19.1. The second kappa shape index (κ2) is 7.94. The Balaban J connectivity index is 1.63. The Bertz CT molecular complexity index is 1410. The number of benzene rings is 1. The van der Waals surface area contributed by atoms with Crippen LogP contribution in [0.1, 0.15) is 48.3 Å². The molecular weight excluding hydrogens is 429 g/mol. The highest BCUT2D eigenvalue weighted by Crippen LogP contribution is 2.40. The fourth-order valence-corrected chi connectivity index (χ4v) is 4.86. The molecule has 172 valence electrons. The fraction of sp³-hybridized carbons (Fsp3) is 0.296. The van der Waals surface area contributed by atoms with Crippen LogP contribution in [-0.2, 0) is 13.0 Å². The number of rotatable bonds is 2. The lowest BCUT2D eigenvalue weighted by atomic mass is 9.92. The number of aromatic nitrogens is 4. The molecule has 1 aromatic carbocycles. The number of nitrogens with zero attached hydrogens (tertiary/aromatic N) is 4. The van der Waals surface area contributed by atoms with E-state index >= 15 is 0 Å². The summed E-state index contributed by atoms with van der Waals surface area (Å²) in [7, 11) is 0. The minimum absolute atomic E-state index is 0.302. The van der Waals surface area contributed by atoms with Gasteiger partial charge in [0.2, 0.25) is 0 Å². The van der Waals surface area contributed by atoms with Crippen LogP contribution in [0.4, 0.5) is 10.2 Å². The van der Waals surface area contributed by atoms with Crippen molar-refractivity contribution in [3.8, 4) is 28.3 Å². The van der Waals surface area contributed by atoms with Crippen molar-refractivity contribution in [3.63, 3.8) is 0 Å². The maximum Gasteiger partial charge on any atom is 0.166 e. The molecule has 2 bridgehead atoms. The zero-order chi connectivity index (χ0) is 23.4. The standard InChI is InChI=1S/C27H26FN5O/c1-15-22-10-18-4-3-9-30-25(18)21-8-7-20(28)12-23(21)16(2)34-24-11-19(13-31-27(24)29)26(22)33(32-15)14-17-5-6-17/h3-4,7-9,11-13,16-17H,5-6,10,14H2,1-2H3,(H2,29,31). The van der Waals surface area contributed by atoms with Gasteiger partial charge in [0, 0.05) is 47.6 Å². The summed E-state index contributed by atoms with van der Waals surface area (Å²) in [6, 6.07) is 10.7. The predicted octanol–water partition coefficient (Wildman–Crippen LogP) is 5.49. The third kappa shape index (κ3) is 3.61. The minimum Gasteiger partial charge on any atom is -0.482 e. The van der Waals surface area contributed by atoms with Crippen molar-refractivity contribution in [3.05, 3.63) is 77.0 Å². The van der Waals surface area contributed by atoms with Gasteiger partial charge in [0.25, 0.3) is 0 Å². The summed E-state index contributed by atoms with van der Waals surface area (Å²) in [4.78, 5) is 9.18. The van der Waals surface area contributed by atoms with Crippen LogP contribution in [0.25, 0.3) is 22.5 Å². The van der Waals surface area contributed by atoms with Gasteiger partial charge in [0.1, 0.15) is 11.9 Å². The molecule has 1 unspecified atom stereocenters. The molecule has 1 aliphatic heterocycles. The first kappa shape index (κ1) is 20.8. The van der Waals surface area contributed by atoms with E-state index < -0.39 is 6.10 Å². The Hall–Kier alpha value is -3.74. The Kier molecular flexibility index (Phi) is 4.86. The third-order valence-electron chi connectivity index (χ3n) is 6.80. The number of nitrogen functional groups attached to an aromatic ring is 1. The number of fused-ring (bicyclic) bond motifs is 7. The molecule has 1 saturated carbocycles. The van der Waals surface area contributed by atoms with Crippen molar-refractivity contribution in [1.29, 1.82) is 0 Å². The molecule has 4 aromatic rings. The normalized spacial score (nSPS) is 17.0. The van der Waals surface area contributed by atoms with Crippen LogP contribution in [0, 0.1) is 18.7 Å². The summed E-state index contributed by atoms with van der Waals surface area (Å²) in [6.45, 7) is 4.83. The average molecular weight is 456 g/mol. The van der Waals surface area contributed by atoms with Crippen molar-refractivity contribution >= 4 is 5.82 Å². The summed E-state index contributed by atoms with van der Waals surface area (Å²) in [6.07, 6.45) is 6.23. The molecule has 7 heteroatoms. The second-order valence-corrected chi connectivity index (χ2v) is 9.32. The van der Waals surface area contributed by atoms with Crippen molar-refractivity contribution in [2.45, 2.75) is 45.8 Å². The van der Waals surface area contributed by atoms with E-state index in [1.165, 1.54) is 25.0 Å². The van der Waals surface area contributed by atoms with E-state index in [1.807, 2.05) is 19.1 Å². The van der Waals surface area contributed by atoms with Gasteiger partial charge in [-0.3, -0.25) is 9.67 Å². The molecule has 1 atom stereocenters. The maximum atomic E-state index is 14.3. The molecule has 2 aliphatic rings. The van der Waals surface area contributed by atoms with E-state index in [4.69, 9.17) is 20.6 Å². The summed E-state index contributed by atoms with van der Waals surface area (Å²) in [5.74, 6) is 1.12. The van der Waals surface area contributed by atoms with Gasteiger partial charge in [-0.15, -0.1) is 0 Å². The summed E-state index contributed by atoms with van der Waals surface area (Å²) in [5.41, 5.74) is 13.7. The van der Waals surface area contributed by atoms with Gasteiger partial charge in [-0.05, 0) is 68.5 Å². The molecular formula is C27H26FN5O. The molecule has 3 aromatic heterocycles. The molecule has 34 heavy (non-hydrogen) atoms. The fourth-order valence-electron chi connectivity index (χ4n) is 4.86. The van der Waals surface area contributed by atoms with E-state index in [2.05, 4.69) is 22.7 Å². The van der Waals surface area contributed by atoms with Crippen LogP contribution in [0.5, 0.6) is 5.75 Å². The maximum absolute atomic E-state index is 14.3. The molecule has 6 nitrogen and oxygen atoms in total. The Morgan fingerprint density at radius 1 is 1.18 bits per heavy atom. The van der Waals surface area contributed by atoms with Gasteiger partial charge in [-0.25, -0.2) is 9.37 Å². The van der Waals surface area contributed by atoms with Crippen LogP contribution in [0.15, 0.2) is 48.8 Å². The number of nitrogens with two attached hydrogens (primary N) is 1. The van der Waals surface area contributed by atoms with E-state index in [0.29, 0.717) is 29.5 Å². The number of halogens is 1. The highest BCUT2D eigenvalue weighted by molar-refractivity contribution is 5.72. The van der Waals surface area contributed by atoms with Crippen molar-refractivity contribution in [1.82, 2.24) is 19.7 Å². The second-order valence-electron chi connectivity index (χ2n) is 9.32. The zero-order valence-electron chi connectivity index (χ0n) is 19.3. The van der Waals surface area contributed by atoms with Gasteiger partial charge < -0.3 is 10.5 Å². The number of aryl methyl sites for hydroxylation is 1. The third-order valence-corrected chi connectivity index (χ3v) is 6.80. The molecule has 2 N–H and O–H groups in total. The van der Waals surface area contributed by atoms with E-state index in [0.717, 1.165) is 45.9 Å². The molecule has 0 saturated heterocycles. The van der Waals surface area contributed by atoms with Crippen LogP contribution in [-0.4, -0.2) is 19.7 Å². The summed E-state index contributed by atoms with van der Waals surface area (Å²) in [5, 5.41) is 4.93. The van der Waals surface area contributed by atoms with E-state index in [9.17, 15) is 4.39 Å². The first-order valence-corrected chi connectivity index (χ1v) is 11.7. The minimum atomic E-state index is -0.461. The molecule has 1 fully saturated rings. The number of ether oxygens (including phenoxy) is 1. The van der Waals surface area contributed by atoms with Gasteiger partial charge >= 0.3 is 0 Å². The van der Waals surface area contributed by atoms with Crippen LogP contribution >= 0.6 is 0 Å². The van der Waals surface area contributed by atoms with Crippen LogP contribution in [0.2, 0.25) is 0 Å². The number of pyridine rings is 2. The molecule has 0 spiro atoms. The van der Waals surface area contributed by atoms with Crippen LogP contribution in [0.3, 0.4) is 0 Å². The quantitative estimate of drug-likeness (QED) is 0.432. The summed E-state index contributed by atoms with van der Waals surface area (Å²) >= 11 is 0. The summed E-state index contributed by atoms with van der Waals surface area (Å²) < 4.78 is 22.8. The zero-order valence-corrected chi connectivity index (χ0v) is 19.3. The number of hydrogen-bond acceptors (Lipinski definition) is 5. The van der Waals surface area contributed by atoms with Crippen LogP contribution < -0.4 is 10.5 Å². The molecule has 0 amide bonds. The predicted molar refractivity (Wildman–Crippen MR) is 129 cm³/mol. The number of anilines is 1. The first-order chi connectivity index (χ1) is 16.5. The lowest BCUT2D eigenvalue weighted by Crippen LogP contribution is -2.11. The number of hydrogen-bond donors (Lipinski definition) is 1. The van der Waals surface area contributed by atoms with Crippen molar-refractivity contribution in [2.75, 3.05) is 5.73 Å². The Morgan fingerprint density at radius 3 is 2.85 bits per heavy atom. The largest absolute Gasteiger partial charge is 0.482 e. The molecule has 6 rings (SSSR count). The lowest BCUT2D eigenvalue weighted by molar-refractivity contribution is 0.227. The van der Waals surface area contributed by atoms with E-state index in [1.54, 1.807) is 18.5 Å². The topological polar surface area (TPSA) is 78.8 Å². The van der Waals surface area contributed by atoms with E-state index in [-0.39, 0.29) is 5.82 Å².